The van der Waals surface area contributed by atoms with Crippen molar-refractivity contribution in [3.05, 3.63) is 11.9 Å². The Bertz CT molecular complexity index is 448. The molecule has 0 bridgehead atoms. The van der Waals surface area contributed by atoms with Crippen molar-refractivity contribution in [2.45, 2.75) is 38.7 Å². The van der Waals surface area contributed by atoms with E-state index < -0.39 is 5.60 Å². The van der Waals surface area contributed by atoms with Gasteiger partial charge >= 0.3 is 0 Å². The summed E-state index contributed by atoms with van der Waals surface area (Å²) in [6.07, 6.45) is 3.82. The molecule has 5 nitrogen and oxygen atoms in total. The minimum absolute atomic E-state index is 0.112. The van der Waals surface area contributed by atoms with Gasteiger partial charge in [-0.15, -0.1) is 0 Å². The Morgan fingerprint density at radius 1 is 1.22 bits per heavy atom. The van der Waals surface area contributed by atoms with Crippen LogP contribution in [0.3, 0.4) is 0 Å². The van der Waals surface area contributed by atoms with E-state index in [1.54, 1.807) is 0 Å². The zero-order valence-corrected chi connectivity index (χ0v) is 11.4. The molecule has 1 atom stereocenters. The predicted octanol–water partition coefficient (Wildman–Crippen LogP) is 1.89. The molecule has 1 fully saturated rings. The number of hydrogen-bond acceptors (Lipinski definition) is 5. The Hall–Kier alpha value is -1.36. The fourth-order valence-electron chi connectivity index (χ4n) is 2.63. The lowest BCUT2D eigenvalue weighted by molar-refractivity contribution is 0.0261. The Kier molecular flexibility index (Phi) is 3.19. The second kappa shape index (κ2) is 4.39. The zero-order valence-electron chi connectivity index (χ0n) is 11.4. The molecule has 1 N–H and O–H groups in total. The molecular formula is C13H20N2O3. The van der Waals surface area contributed by atoms with Gasteiger partial charge in [-0.25, -0.2) is 4.98 Å². The lowest BCUT2D eigenvalue weighted by Crippen LogP contribution is -2.26. The molecule has 5 heteroatoms. The Morgan fingerprint density at radius 3 is 2.44 bits per heavy atom. The van der Waals surface area contributed by atoms with Gasteiger partial charge in [0.2, 0.25) is 11.8 Å². The van der Waals surface area contributed by atoms with Crippen molar-refractivity contribution in [3.8, 4) is 11.8 Å². The number of aliphatic hydroxyl groups is 1. The van der Waals surface area contributed by atoms with Crippen LogP contribution in [-0.4, -0.2) is 29.3 Å². The first kappa shape index (κ1) is 13.1. The van der Waals surface area contributed by atoms with Crippen LogP contribution in [0, 0.1) is 5.41 Å². The minimum atomic E-state index is -0.950. The molecule has 0 aromatic carbocycles. The summed E-state index contributed by atoms with van der Waals surface area (Å²) in [6, 6.07) is 0. The standard InChI is InChI=1S/C13H20N2O3/c1-12(2)5-6-13(16,8-12)10-11(18-4)15-9(17-3)7-14-10/h7,16H,5-6,8H2,1-4H3. The van der Waals surface area contributed by atoms with Gasteiger partial charge in [-0.2, -0.15) is 4.98 Å². The summed E-state index contributed by atoms with van der Waals surface area (Å²) >= 11 is 0. The molecule has 1 saturated carbocycles. The smallest absolute Gasteiger partial charge is 0.241 e. The molecule has 0 amide bonds. The van der Waals surface area contributed by atoms with E-state index in [9.17, 15) is 5.11 Å². The van der Waals surface area contributed by atoms with Gasteiger partial charge in [-0.3, -0.25) is 0 Å². The molecule has 0 saturated heterocycles. The SMILES string of the molecule is COc1cnc(C2(O)CCC(C)(C)C2)c(OC)n1. The quantitative estimate of drug-likeness (QED) is 0.890. The number of nitrogens with zero attached hydrogens (tertiary/aromatic N) is 2. The third-order valence-corrected chi connectivity index (χ3v) is 3.55. The summed E-state index contributed by atoms with van der Waals surface area (Å²) in [5.74, 6) is 0.728. The summed E-state index contributed by atoms with van der Waals surface area (Å²) in [5, 5.41) is 10.8. The molecule has 2 rings (SSSR count). The van der Waals surface area contributed by atoms with Crippen LogP contribution in [0.4, 0.5) is 0 Å². The normalized spacial score (nSPS) is 26.1. The van der Waals surface area contributed by atoms with E-state index in [-0.39, 0.29) is 5.41 Å². The van der Waals surface area contributed by atoms with Crippen molar-refractivity contribution >= 4 is 0 Å². The lowest BCUT2D eigenvalue weighted by Gasteiger charge is -2.25. The van der Waals surface area contributed by atoms with Crippen LogP contribution in [0.25, 0.3) is 0 Å². The summed E-state index contributed by atoms with van der Waals surface area (Å²) in [7, 11) is 3.05. The highest BCUT2D eigenvalue weighted by atomic mass is 16.5. The number of methoxy groups -OCH3 is 2. The summed E-state index contributed by atoms with van der Waals surface area (Å²) in [5.41, 5.74) is -0.327. The molecule has 1 unspecified atom stereocenters. The average Bonchev–Trinajstić information content (AvgIpc) is 2.63. The first-order valence-corrected chi connectivity index (χ1v) is 6.08. The number of rotatable bonds is 3. The van der Waals surface area contributed by atoms with E-state index in [0.717, 1.165) is 6.42 Å². The van der Waals surface area contributed by atoms with Crippen LogP contribution in [0.5, 0.6) is 11.8 Å². The van der Waals surface area contributed by atoms with Crippen molar-refractivity contribution in [2.24, 2.45) is 5.41 Å². The van der Waals surface area contributed by atoms with E-state index in [0.29, 0.717) is 30.3 Å². The Labute approximate surface area is 107 Å². The molecule has 0 spiro atoms. The third kappa shape index (κ3) is 2.27. The topological polar surface area (TPSA) is 64.5 Å². The van der Waals surface area contributed by atoms with Crippen LogP contribution in [0.15, 0.2) is 6.20 Å². The molecule has 1 aromatic rings. The fraction of sp³-hybridized carbons (Fsp3) is 0.692. The first-order valence-electron chi connectivity index (χ1n) is 6.08. The van der Waals surface area contributed by atoms with E-state index in [4.69, 9.17) is 9.47 Å². The predicted molar refractivity (Wildman–Crippen MR) is 66.7 cm³/mol. The second-order valence-electron chi connectivity index (χ2n) is 5.64. The molecule has 100 valence electrons. The first-order chi connectivity index (χ1) is 8.40. The van der Waals surface area contributed by atoms with Gasteiger partial charge < -0.3 is 14.6 Å². The summed E-state index contributed by atoms with van der Waals surface area (Å²) in [4.78, 5) is 8.46. The second-order valence-corrected chi connectivity index (χ2v) is 5.64. The molecule has 1 aliphatic carbocycles. The third-order valence-electron chi connectivity index (χ3n) is 3.55. The highest BCUT2D eigenvalue weighted by Gasteiger charge is 2.46. The van der Waals surface area contributed by atoms with Crippen LogP contribution in [0.2, 0.25) is 0 Å². The van der Waals surface area contributed by atoms with Gasteiger partial charge in [0.1, 0.15) is 11.3 Å². The van der Waals surface area contributed by atoms with Crippen molar-refractivity contribution in [1.82, 2.24) is 9.97 Å². The number of hydrogen-bond donors (Lipinski definition) is 1. The highest BCUT2D eigenvalue weighted by molar-refractivity contribution is 5.29. The molecule has 0 aliphatic heterocycles. The van der Waals surface area contributed by atoms with Gasteiger partial charge in [-0.1, -0.05) is 13.8 Å². The average molecular weight is 252 g/mol. The molecule has 1 heterocycles. The van der Waals surface area contributed by atoms with Crippen molar-refractivity contribution in [1.29, 1.82) is 0 Å². The van der Waals surface area contributed by atoms with Crippen LogP contribution >= 0.6 is 0 Å². The molecule has 18 heavy (non-hydrogen) atoms. The lowest BCUT2D eigenvalue weighted by atomic mass is 9.88. The van der Waals surface area contributed by atoms with Crippen LogP contribution in [-0.2, 0) is 5.60 Å². The van der Waals surface area contributed by atoms with Gasteiger partial charge in [0.15, 0.2) is 0 Å². The summed E-state index contributed by atoms with van der Waals surface area (Å²) in [6.45, 7) is 4.29. The largest absolute Gasteiger partial charge is 0.480 e. The number of aromatic nitrogens is 2. The minimum Gasteiger partial charge on any atom is -0.480 e. The van der Waals surface area contributed by atoms with E-state index >= 15 is 0 Å². The van der Waals surface area contributed by atoms with Crippen LogP contribution in [0.1, 0.15) is 38.8 Å². The van der Waals surface area contributed by atoms with E-state index in [1.165, 1.54) is 20.4 Å². The zero-order chi connectivity index (χ0) is 13.4. The van der Waals surface area contributed by atoms with E-state index in [2.05, 4.69) is 23.8 Å². The van der Waals surface area contributed by atoms with Crippen molar-refractivity contribution in [3.63, 3.8) is 0 Å². The number of ether oxygens (including phenoxy) is 2. The molecule has 1 aliphatic rings. The maximum atomic E-state index is 10.8. The maximum absolute atomic E-state index is 10.8. The molecular weight excluding hydrogens is 232 g/mol. The highest BCUT2D eigenvalue weighted by Crippen LogP contribution is 2.50. The van der Waals surface area contributed by atoms with Gasteiger partial charge in [-0.05, 0) is 24.7 Å². The van der Waals surface area contributed by atoms with Crippen molar-refractivity contribution in [2.75, 3.05) is 14.2 Å². The van der Waals surface area contributed by atoms with Gasteiger partial charge in [0.05, 0.1) is 20.4 Å². The Morgan fingerprint density at radius 2 is 1.94 bits per heavy atom. The Balaban J connectivity index is 2.39. The summed E-state index contributed by atoms with van der Waals surface area (Å²) < 4.78 is 10.2. The van der Waals surface area contributed by atoms with E-state index in [1.807, 2.05) is 0 Å². The van der Waals surface area contributed by atoms with Crippen molar-refractivity contribution < 1.29 is 14.6 Å². The van der Waals surface area contributed by atoms with Crippen LogP contribution < -0.4 is 9.47 Å². The van der Waals surface area contributed by atoms with Gasteiger partial charge in [0.25, 0.3) is 0 Å². The monoisotopic (exact) mass is 252 g/mol. The maximum Gasteiger partial charge on any atom is 0.241 e. The van der Waals surface area contributed by atoms with Gasteiger partial charge in [0, 0.05) is 0 Å². The molecule has 0 radical (unpaired) electrons. The fourth-order valence-corrected chi connectivity index (χ4v) is 2.63. The molecule has 1 aromatic heterocycles.